The number of benzene rings is 2. The van der Waals surface area contributed by atoms with E-state index in [1.807, 2.05) is 13.0 Å². The smallest absolute Gasteiger partial charge is 0.259 e. The Hall–Kier alpha value is -1.52. The number of hydrogen-bond donors (Lipinski definition) is 1. The highest BCUT2D eigenvalue weighted by Gasteiger charge is 2.15. The average Bonchev–Trinajstić information content (AvgIpc) is 2.40. The van der Waals surface area contributed by atoms with Crippen LogP contribution in [0.1, 0.15) is 15.9 Å². The van der Waals surface area contributed by atoms with Crippen LogP contribution in [0.25, 0.3) is 0 Å². The molecule has 0 spiro atoms. The van der Waals surface area contributed by atoms with Crippen LogP contribution in [0.4, 0.5) is 5.69 Å². The number of rotatable bonds is 3. The number of anilines is 1. The van der Waals surface area contributed by atoms with Crippen LogP contribution in [-0.2, 0) is 0 Å². The number of carbonyl (C=O) groups excluding carboxylic acids is 1. The Balaban J connectivity index is 2.31. The number of methoxy groups -OCH3 is 1. The molecule has 0 radical (unpaired) electrons. The Morgan fingerprint density at radius 3 is 2.50 bits per heavy atom. The quantitative estimate of drug-likeness (QED) is 0.869. The van der Waals surface area contributed by atoms with E-state index in [0.717, 1.165) is 10.0 Å². The van der Waals surface area contributed by atoms with Crippen molar-refractivity contribution >= 4 is 39.1 Å². The van der Waals surface area contributed by atoms with Crippen molar-refractivity contribution in [1.82, 2.24) is 0 Å². The van der Waals surface area contributed by atoms with Crippen molar-refractivity contribution in [2.45, 2.75) is 6.92 Å². The van der Waals surface area contributed by atoms with Gasteiger partial charge in [-0.1, -0.05) is 27.5 Å². The van der Waals surface area contributed by atoms with Crippen LogP contribution < -0.4 is 10.1 Å². The lowest BCUT2D eigenvalue weighted by molar-refractivity contribution is 0.102. The summed E-state index contributed by atoms with van der Waals surface area (Å²) in [5.74, 6) is 0.341. The SMILES string of the molecule is COc1c(C)cc(Br)cc1C(=O)Nc1ccc(Cl)cc1. The van der Waals surface area contributed by atoms with Crippen LogP contribution in [0.3, 0.4) is 0 Å². The van der Waals surface area contributed by atoms with Gasteiger partial charge in [0.1, 0.15) is 5.75 Å². The lowest BCUT2D eigenvalue weighted by atomic mass is 10.1. The third-order valence-corrected chi connectivity index (χ3v) is 3.50. The predicted octanol–water partition coefficient (Wildman–Crippen LogP) is 4.67. The van der Waals surface area contributed by atoms with E-state index in [1.165, 1.54) is 0 Å². The van der Waals surface area contributed by atoms with E-state index >= 15 is 0 Å². The Bertz CT molecular complexity index is 641. The van der Waals surface area contributed by atoms with Crippen molar-refractivity contribution in [3.8, 4) is 5.75 Å². The highest BCUT2D eigenvalue weighted by Crippen LogP contribution is 2.28. The summed E-state index contributed by atoms with van der Waals surface area (Å²) < 4.78 is 6.14. The first-order valence-corrected chi connectivity index (χ1v) is 7.09. The van der Waals surface area contributed by atoms with Crippen LogP contribution in [0, 0.1) is 6.92 Å². The normalized spacial score (nSPS) is 10.2. The van der Waals surface area contributed by atoms with Gasteiger partial charge >= 0.3 is 0 Å². The summed E-state index contributed by atoms with van der Waals surface area (Å²) >= 11 is 9.20. The topological polar surface area (TPSA) is 38.3 Å². The fraction of sp³-hybridized carbons (Fsp3) is 0.133. The summed E-state index contributed by atoms with van der Waals surface area (Å²) in [6, 6.07) is 10.6. The van der Waals surface area contributed by atoms with E-state index in [1.54, 1.807) is 37.4 Å². The van der Waals surface area contributed by atoms with Gasteiger partial charge in [-0.2, -0.15) is 0 Å². The van der Waals surface area contributed by atoms with E-state index in [0.29, 0.717) is 22.0 Å². The molecular weight excluding hydrogens is 342 g/mol. The van der Waals surface area contributed by atoms with Gasteiger partial charge < -0.3 is 10.1 Å². The standard InChI is InChI=1S/C15H13BrClNO2/c1-9-7-10(16)8-13(14(9)20-2)15(19)18-12-5-3-11(17)4-6-12/h3-8H,1-2H3,(H,18,19). The number of amides is 1. The molecule has 0 heterocycles. The molecule has 0 bridgehead atoms. The largest absolute Gasteiger partial charge is 0.496 e. The van der Waals surface area contributed by atoms with E-state index in [2.05, 4.69) is 21.2 Å². The fourth-order valence-corrected chi connectivity index (χ4v) is 2.60. The zero-order valence-electron chi connectivity index (χ0n) is 11.0. The van der Waals surface area contributed by atoms with Crippen molar-refractivity contribution < 1.29 is 9.53 Å². The highest BCUT2D eigenvalue weighted by atomic mass is 79.9. The minimum absolute atomic E-state index is 0.228. The monoisotopic (exact) mass is 353 g/mol. The zero-order valence-corrected chi connectivity index (χ0v) is 13.4. The van der Waals surface area contributed by atoms with Gasteiger partial charge in [0.25, 0.3) is 5.91 Å². The number of carbonyl (C=O) groups is 1. The van der Waals surface area contributed by atoms with Crippen molar-refractivity contribution in [1.29, 1.82) is 0 Å². The molecule has 0 aromatic heterocycles. The molecule has 0 unspecified atom stereocenters. The maximum Gasteiger partial charge on any atom is 0.259 e. The van der Waals surface area contributed by atoms with Crippen molar-refractivity contribution in [3.63, 3.8) is 0 Å². The maximum absolute atomic E-state index is 12.3. The molecule has 0 atom stereocenters. The van der Waals surface area contributed by atoms with Crippen molar-refractivity contribution in [3.05, 3.63) is 57.0 Å². The minimum Gasteiger partial charge on any atom is -0.496 e. The lowest BCUT2D eigenvalue weighted by Crippen LogP contribution is -2.13. The second kappa shape index (κ2) is 6.29. The van der Waals surface area contributed by atoms with Gasteiger partial charge in [-0.3, -0.25) is 4.79 Å². The van der Waals surface area contributed by atoms with Crippen molar-refractivity contribution in [2.75, 3.05) is 12.4 Å². The lowest BCUT2D eigenvalue weighted by Gasteiger charge is -2.12. The van der Waals surface area contributed by atoms with Gasteiger partial charge in [-0.15, -0.1) is 0 Å². The van der Waals surface area contributed by atoms with Crippen LogP contribution in [0.5, 0.6) is 5.75 Å². The van der Waals surface area contributed by atoms with Gasteiger partial charge in [-0.25, -0.2) is 0 Å². The Morgan fingerprint density at radius 1 is 1.25 bits per heavy atom. The van der Waals surface area contributed by atoms with Gasteiger partial charge in [0.2, 0.25) is 0 Å². The molecule has 3 nitrogen and oxygen atoms in total. The zero-order chi connectivity index (χ0) is 14.7. The molecule has 2 aromatic carbocycles. The number of ether oxygens (including phenoxy) is 1. The molecule has 1 N–H and O–H groups in total. The second-order valence-electron chi connectivity index (χ2n) is 4.26. The molecule has 2 rings (SSSR count). The van der Waals surface area contributed by atoms with Gasteiger partial charge in [0, 0.05) is 15.2 Å². The molecule has 0 fully saturated rings. The van der Waals surface area contributed by atoms with Gasteiger partial charge in [-0.05, 0) is 48.9 Å². The summed E-state index contributed by atoms with van der Waals surface area (Å²) in [6.07, 6.45) is 0. The number of hydrogen-bond acceptors (Lipinski definition) is 2. The first-order valence-electron chi connectivity index (χ1n) is 5.92. The van der Waals surface area contributed by atoms with E-state index < -0.39 is 0 Å². The maximum atomic E-state index is 12.3. The highest BCUT2D eigenvalue weighted by molar-refractivity contribution is 9.10. The third-order valence-electron chi connectivity index (χ3n) is 2.79. The van der Waals surface area contributed by atoms with Gasteiger partial charge in [0.05, 0.1) is 12.7 Å². The summed E-state index contributed by atoms with van der Waals surface area (Å²) in [4.78, 5) is 12.3. The molecule has 20 heavy (non-hydrogen) atoms. The van der Waals surface area contributed by atoms with Crippen LogP contribution in [0.15, 0.2) is 40.9 Å². The first-order chi connectivity index (χ1) is 9.51. The molecule has 1 amide bonds. The summed E-state index contributed by atoms with van der Waals surface area (Å²) in [7, 11) is 1.55. The molecule has 5 heteroatoms. The summed E-state index contributed by atoms with van der Waals surface area (Å²) in [5, 5.41) is 3.44. The summed E-state index contributed by atoms with van der Waals surface area (Å²) in [5.41, 5.74) is 2.05. The molecule has 0 aliphatic rings. The molecule has 2 aromatic rings. The fourth-order valence-electron chi connectivity index (χ4n) is 1.90. The Morgan fingerprint density at radius 2 is 1.90 bits per heavy atom. The molecule has 0 aliphatic heterocycles. The van der Waals surface area contributed by atoms with Gasteiger partial charge in [0.15, 0.2) is 0 Å². The average molecular weight is 355 g/mol. The number of nitrogens with one attached hydrogen (secondary N) is 1. The summed E-state index contributed by atoms with van der Waals surface area (Å²) in [6.45, 7) is 1.89. The Labute approximate surface area is 131 Å². The number of halogens is 2. The molecular formula is C15H13BrClNO2. The molecule has 0 saturated heterocycles. The predicted molar refractivity (Wildman–Crippen MR) is 84.8 cm³/mol. The molecule has 0 aliphatic carbocycles. The second-order valence-corrected chi connectivity index (χ2v) is 5.62. The Kier molecular flexibility index (Phi) is 4.68. The minimum atomic E-state index is -0.228. The van der Waals surface area contributed by atoms with E-state index in [4.69, 9.17) is 16.3 Å². The van der Waals surface area contributed by atoms with Crippen molar-refractivity contribution in [2.24, 2.45) is 0 Å². The van der Waals surface area contributed by atoms with Crippen LogP contribution in [-0.4, -0.2) is 13.0 Å². The van der Waals surface area contributed by atoms with E-state index in [-0.39, 0.29) is 5.91 Å². The molecule has 0 saturated carbocycles. The van der Waals surface area contributed by atoms with Crippen LogP contribution >= 0.6 is 27.5 Å². The van der Waals surface area contributed by atoms with E-state index in [9.17, 15) is 4.79 Å². The first kappa shape index (κ1) is 14.9. The third kappa shape index (κ3) is 3.32. The molecule has 104 valence electrons. The van der Waals surface area contributed by atoms with Crippen LogP contribution in [0.2, 0.25) is 5.02 Å². The number of aryl methyl sites for hydroxylation is 1.